The fourth-order valence-corrected chi connectivity index (χ4v) is 2.76. The molecule has 1 aliphatic rings. The summed E-state index contributed by atoms with van der Waals surface area (Å²) in [6, 6.07) is 5.85. The lowest BCUT2D eigenvalue weighted by Gasteiger charge is -2.16. The molecule has 0 saturated carbocycles. The van der Waals surface area contributed by atoms with Crippen LogP contribution >= 0.6 is 35.0 Å². The molecule has 4 nitrogen and oxygen atoms in total. The zero-order chi connectivity index (χ0) is 14.9. The minimum atomic E-state index is -0.972. The number of benzene rings is 1. The Morgan fingerprint density at radius 2 is 1.90 bits per heavy atom. The molecule has 1 fully saturated rings. The zero-order valence-electron chi connectivity index (χ0n) is 10.3. The van der Waals surface area contributed by atoms with E-state index in [1.54, 1.807) is 30.3 Å². The van der Waals surface area contributed by atoms with Crippen molar-refractivity contribution in [3.8, 4) is 0 Å². The first-order valence-electron chi connectivity index (χ1n) is 5.62. The molecular formula is C13H9Cl2NO3S. The highest BCUT2D eigenvalue weighted by molar-refractivity contribution is 8.18. The summed E-state index contributed by atoms with van der Waals surface area (Å²) in [6.07, 6.45) is 1.58. The molecule has 1 unspecified atom stereocenters. The van der Waals surface area contributed by atoms with Gasteiger partial charge in [0.25, 0.3) is 11.1 Å². The Hall–Kier alpha value is -1.30. The van der Waals surface area contributed by atoms with Crippen molar-refractivity contribution in [1.82, 2.24) is 4.90 Å². The fraction of sp³-hybridized carbons (Fsp3) is 0.154. The van der Waals surface area contributed by atoms with E-state index < -0.39 is 22.4 Å². The molecule has 104 valence electrons. The molecule has 7 heteroatoms. The van der Waals surface area contributed by atoms with E-state index in [0.717, 1.165) is 22.2 Å². The Kier molecular flexibility index (Phi) is 4.52. The van der Waals surface area contributed by atoms with Crippen LogP contribution in [0.4, 0.5) is 4.79 Å². The van der Waals surface area contributed by atoms with Gasteiger partial charge in [-0.2, -0.15) is 0 Å². The van der Waals surface area contributed by atoms with Crippen molar-refractivity contribution >= 4 is 57.4 Å². The van der Waals surface area contributed by atoms with E-state index in [4.69, 9.17) is 23.2 Å². The number of hydrogen-bond acceptors (Lipinski definition) is 4. The van der Waals surface area contributed by atoms with Crippen molar-refractivity contribution < 1.29 is 14.4 Å². The molecule has 0 bridgehead atoms. The average Bonchev–Trinajstić information content (AvgIpc) is 2.66. The van der Waals surface area contributed by atoms with E-state index in [0.29, 0.717) is 5.02 Å². The summed E-state index contributed by atoms with van der Waals surface area (Å²) < 4.78 is 0. The third kappa shape index (κ3) is 3.06. The molecular weight excluding hydrogens is 321 g/mol. The summed E-state index contributed by atoms with van der Waals surface area (Å²) in [5, 5.41) is -0.673. The van der Waals surface area contributed by atoms with E-state index in [1.165, 1.54) is 6.92 Å². The monoisotopic (exact) mass is 329 g/mol. The van der Waals surface area contributed by atoms with Crippen LogP contribution in [0.1, 0.15) is 12.5 Å². The molecule has 20 heavy (non-hydrogen) atoms. The third-order valence-corrected chi connectivity index (χ3v) is 4.16. The average molecular weight is 330 g/mol. The summed E-state index contributed by atoms with van der Waals surface area (Å²) in [5.74, 6) is -0.517. The maximum Gasteiger partial charge on any atom is 0.294 e. The standard InChI is InChI=1S/C13H9Cl2NO3S/c1-7(11(15)17)16-12(18)10(20-13(16)19)6-8-2-4-9(14)5-3-8/h2-7H,1H3/b10-6-. The van der Waals surface area contributed by atoms with E-state index in [2.05, 4.69) is 0 Å². The number of nitrogens with zero attached hydrogens (tertiary/aromatic N) is 1. The first-order chi connectivity index (χ1) is 9.40. The maximum atomic E-state index is 12.1. The van der Waals surface area contributed by atoms with Crippen LogP contribution in [0.15, 0.2) is 29.2 Å². The van der Waals surface area contributed by atoms with Crippen molar-refractivity contribution in [2.45, 2.75) is 13.0 Å². The Morgan fingerprint density at radius 1 is 1.30 bits per heavy atom. The highest BCUT2D eigenvalue weighted by Crippen LogP contribution is 2.34. The number of hydrogen-bond donors (Lipinski definition) is 0. The largest absolute Gasteiger partial charge is 0.294 e. The highest BCUT2D eigenvalue weighted by Gasteiger charge is 2.40. The fourth-order valence-electron chi connectivity index (χ4n) is 1.63. The molecule has 0 aromatic heterocycles. The third-order valence-electron chi connectivity index (χ3n) is 2.71. The van der Waals surface area contributed by atoms with E-state index >= 15 is 0 Å². The quantitative estimate of drug-likeness (QED) is 0.628. The van der Waals surface area contributed by atoms with Gasteiger partial charge in [-0.3, -0.25) is 19.3 Å². The van der Waals surface area contributed by atoms with Crippen LogP contribution in [0.2, 0.25) is 5.02 Å². The van der Waals surface area contributed by atoms with Crippen molar-refractivity contribution in [3.63, 3.8) is 0 Å². The molecule has 0 radical (unpaired) electrons. The van der Waals surface area contributed by atoms with E-state index in [9.17, 15) is 14.4 Å². The molecule has 2 amide bonds. The minimum Gasteiger partial charge on any atom is -0.279 e. The van der Waals surface area contributed by atoms with Crippen molar-refractivity contribution in [3.05, 3.63) is 39.8 Å². The van der Waals surface area contributed by atoms with Gasteiger partial charge >= 0.3 is 0 Å². The topological polar surface area (TPSA) is 54.5 Å². The van der Waals surface area contributed by atoms with Crippen LogP contribution in [0.3, 0.4) is 0 Å². The number of carbonyl (C=O) groups excluding carboxylic acids is 3. The second kappa shape index (κ2) is 5.99. The number of carbonyl (C=O) groups is 3. The first kappa shape index (κ1) is 15.1. The lowest BCUT2D eigenvalue weighted by Crippen LogP contribution is -2.40. The van der Waals surface area contributed by atoms with Gasteiger partial charge in [0.1, 0.15) is 6.04 Å². The number of thioether (sulfide) groups is 1. The van der Waals surface area contributed by atoms with Crippen LogP contribution < -0.4 is 0 Å². The van der Waals surface area contributed by atoms with Gasteiger partial charge in [-0.25, -0.2) is 0 Å². The Labute approximate surface area is 129 Å². The van der Waals surface area contributed by atoms with E-state index in [-0.39, 0.29) is 4.91 Å². The molecule has 1 aromatic rings. The number of imide groups is 1. The number of halogens is 2. The molecule has 0 spiro atoms. The van der Waals surface area contributed by atoms with Crippen LogP contribution in [-0.4, -0.2) is 27.3 Å². The normalized spacial score (nSPS) is 18.8. The van der Waals surface area contributed by atoms with Crippen LogP contribution in [-0.2, 0) is 9.59 Å². The van der Waals surface area contributed by atoms with Crippen molar-refractivity contribution in [1.29, 1.82) is 0 Å². The van der Waals surface area contributed by atoms with Gasteiger partial charge in [-0.1, -0.05) is 23.7 Å². The Morgan fingerprint density at radius 3 is 2.45 bits per heavy atom. The maximum absolute atomic E-state index is 12.1. The summed E-state index contributed by atoms with van der Waals surface area (Å²) >= 11 is 11.9. The predicted octanol–water partition coefficient (Wildman–Crippen LogP) is 3.53. The molecule has 1 atom stereocenters. The Balaban J connectivity index is 2.28. The van der Waals surface area contributed by atoms with Crippen molar-refractivity contribution in [2.24, 2.45) is 0 Å². The molecule has 1 heterocycles. The summed E-state index contributed by atoms with van der Waals surface area (Å²) in [5.41, 5.74) is 0.741. The van der Waals surface area contributed by atoms with Crippen LogP contribution in [0, 0.1) is 0 Å². The molecule has 0 aliphatic carbocycles. The van der Waals surface area contributed by atoms with Gasteiger partial charge in [0.05, 0.1) is 4.91 Å². The van der Waals surface area contributed by atoms with Gasteiger partial charge in [0.15, 0.2) is 0 Å². The van der Waals surface area contributed by atoms with Gasteiger partial charge in [-0.15, -0.1) is 0 Å². The number of rotatable bonds is 3. The molecule has 1 aromatic carbocycles. The SMILES string of the molecule is CC(C(=O)Cl)N1C(=O)S/C(=C\c2ccc(Cl)cc2)C1=O. The number of amides is 2. The van der Waals surface area contributed by atoms with Crippen LogP contribution in [0.25, 0.3) is 6.08 Å². The van der Waals surface area contributed by atoms with Crippen LogP contribution in [0.5, 0.6) is 0 Å². The van der Waals surface area contributed by atoms with Gasteiger partial charge in [-0.05, 0) is 54.1 Å². The van der Waals surface area contributed by atoms with Crippen molar-refractivity contribution in [2.75, 3.05) is 0 Å². The molecule has 2 rings (SSSR count). The smallest absolute Gasteiger partial charge is 0.279 e. The molecule has 1 saturated heterocycles. The summed E-state index contributed by atoms with van der Waals surface area (Å²) in [6.45, 7) is 1.41. The predicted molar refractivity (Wildman–Crippen MR) is 79.6 cm³/mol. The Bertz CT molecular complexity index is 613. The van der Waals surface area contributed by atoms with E-state index in [1.807, 2.05) is 0 Å². The first-order valence-corrected chi connectivity index (χ1v) is 7.19. The zero-order valence-corrected chi connectivity index (χ0v) is 12.6. The highest BCUT2D eigenvalue weighted by atomic mass is 35.5. The summed E-state index contributed by atoms with van der Waals surface area (Å²) in [4.78, 5) is 36.1. The second-order valence-corrected chi connectivity index (χ2v) is 5.89. The summed E-state index contributed by atoms with van der Waals surface area (Å²) in [7, 11) is 0. The van der Waals surface area contributed by atoms with Gasteiger partial charge in [0.2, 0.25) is 5.24 Å². The molecule has 0 N–H and O–H groups in total. The lowest BCUT2D eigenvalue weighted by molar-refractivity contribution is -0.128. The lowest BCUT2D eigenvalue weighted by atomic mass is 10.2. The second-order valence-electron chi connectivity index (χ2n) is 4.08. The minimum absolute atomic E-state index is 0.252. The molecule has 1 aliphatic heterocycles. The van der Waals surface area contributed by atoms with Gasteiger partial charge < -0.3 is 0 Å². The van der Waals surface area contributed by atoms with Gasteiger partial charge in [0, 0.05) is 5.02 Å².